The van der Waals surface area contributed by atoms with Gasteiger partial charge in [-0.05, 0) is 66.3 Å². The number of nitrogens with one attached hydrogen (secondary N) is 2. The Hall–Kier alpha value is -2.63. The highest BCUT2D eigenvalue weighted by atomic mass is 16.8. The van der Waals surface area contributed by atoms with Crippen molar-refractivity contribution in [2.24, 2.45) is 17.0 Å². The molecule has 21 nitrogen and oxygen atoms in total. The maximum atomic E-state index is 13.3. The van der Waals surface area contributed by atoms with Crippen LogP contribution in [0.5, 0.6) is 0 Å². The van der Waals surface area contributed by atoms with Gasteiger partial charge in [0, 0.05) is 16.7 Å². The molecule has 3 saturated heterocycles. The predicted octanol–water partition coefficient (Wildman–Crippen LogP) is 1.07. The van der Waals surface area contributed by atoms with Crippen molar-refractivity contribution in [2.45, 2.75) is 204 Å². The molecule has 1 saturated carbocycles. The van der Waals surface area contributed by atoms with Gasteiger partial charge in [0.1, 0.15) is 53.9 Å². The van der Waals surface area contributed by atoms with Crippen molar-refractivity contribution in [2.75, 3.05) is 6.54 Å². The molecule has 3 heterocycles. The molecule has 2 amide bonds. The highest BCUT2D eigenvalue weighted by molar-refractivity contribution is 5.69. The molecule has 58 heavy (non-hydrogen) atoms. The van der Waals surface area contributed by atoms with Gasteiger partial charge in [-0.15, -0.1) is 0 Å². The Labute approximate surface area is 338 Å². The Morgan fingerprint density at radius 2 is 1.07 bits per heavy atom. The number of rotatable bonds is 12. The van der Waals surface area contributed by atoms with E-state index in [0.717, 1.165) is 0 Å². The van der Waals surface area contributed by atoms with Crippen LogP contribution >= 0.6 is 0 Å². The Bertz CT molecular complexity index is 1410. The number of carbonyl (C=O) groups excluding carboxylic acids is 2. The lowest BCUT2D eigenvalue weighted by Crippen LogP contribution is -2.68. The van der Waals surface area contributed by atoms with E-state index in [0.29, 0.717) is 12.8 Å². The van der Waals surface area contributed by atoms with Gasteiger partial charge in [-0.1, -0.05) is 32.8 Å². The summed E-state index contributed by atoms with van der Waals surface area (Å²) in [7, 11) is 0. The van der Waals surface area contributed by atoms with Crippen molar-refractivity contribution in [1.29, 1.82) is 0 Å². The van der Waals surface area contributed by atoms with Crippen LogP contribution in [0.4, 0.5) is 9.59 Å². The zero-order valence-corrected chi connectivity index (χ0v) is 34.9. The fourth-order valence-electron chi connectivity index (χ4n) is 7.57. The van der Waals surface area contributed by atoms with E-state index in [2.05, 4.69) is 20.7 Å². The van der Waals surface area contributed by atoms with Gasteiger partial charge in [-0.3, -0.25) is 0 Å². The van der Waals surface area contributed by atoms with Crippen LogP contribution in [0.25, 0.3) is 10.4 Å². The Kier molecular flexibility index (Phi) is 16.4. The second kappa shape index (κ2) is 19.8. The number of azide groups is 1. The predicted molar refractivity (Wildman–Crippen MR) is 200 cm³/mol. The molecule has 10 unspecified atom stereocenters. The minimum absolute atomic E-state index is 0.170. The first-order valence-electron chi connectivity index (χ1n) is 20.0. The van der Waals surface area contributed by atoms with Crippen molar-refractivity contribution in [3.05, 3.63) is 10.4 Å². The number of carbonyl (C=O) groups is 2. The van der Waals surface area contributed by atoms with Crippen LogP contribution in [-0.4, -0.2) is 165 Å². The number of hydrogen-bond donors (Lipinski definition) is 8. The monoisotopic (exact) mass is 835 g/mol. The van der Waals surface area contributed by atoms with Gasteiger partial charge in [0.25, 0.3) is 0 Å². The molecule has 19 atom stereocenters. The first-order valence-corrected chi connectivity index (χ1v) is 20.0. The lowest BCUT2D eigenvalue weighted by molar-refractivity contribution is -0.320. The molecule has 0 aromatic rings. The van der Waals surface area contributed by atoms with E-state index in [-0.39, 0.29) is 13.0 Å². The van der Waals surface area contributed by atoms with Crippen molar-refractivity contribution in [3.8, 4) is 0 Å². The van der Waals surface area contributed by atoms with Gasteiger partial charge < -0.3 is 79.2 Å². The molecule has 21 heteroatoms. The number of nitrogens with zero attached hydrogens (tertiary/aromatic N) is 3. The molecule has 3 aliphatic heterocycles. The van der Waals surface area contributed by atoms with Gasteiger partial charge in [-0.2, -0.15) is 0 Å². The van der Waals surface area contributed by atoms with E-state index >= 15 is 0 Å². The largest absolute Gasteiger partial charge is 0.444 e. The first kappa shape index (κ1) is 48.0. The van der Waals surface area contributed by atoms with Crippen molar-refractivity contribution < 1.29 is 78.1 Å². The Morgan fingerprint density at radius 3 is 1.52 bits per heavy atom. The lowest BCUT2D eigenvalue weighted by Gasteiger charge is -2.48. The summed E-state index contributed by atoms with van der Waals surface area (Å²) in [5.41, 5.74) is 7.31. The molecule has 0 radical (unpaired) electrons. The van der Waals surface area contributed by atoms with E-state index in [1.165, 1.54) is 0 Å². The summed E-state index contributed by atoms with van der Waals surface area (Å²) in [6.45, 7) is 16.3. The van der Waals surface area contributed by atoms with Crippen LogP contribution in [0.1, 0.15) is 88.5 Å². The molecule has 8 N–H and O–H groups in total. The minimum Gasteiger partial charge on any atom is -0.444 e. The summed E-state index contributed by atoms with van der Waals surface area (Å²) < 4.78 is 48.2. The third-order valence-corrected chi connectivity index (χ3v) is 10.7. The molecular weight excluding hydrogens is 770 g/mol. The lowest BCUT2D eigenvalue weighted by atomic mass is 9.83. The van der Waals surface area contributed by atoms with Crippen LogP contribution < -0.4 is 10.6 Å². The first-order chi connectivity index (χ1) is 27.0. The standard InChI is InChI=1S/C37H65N5O16/c1-11-19-25(46)22(43)15(3)31(51-19)54-28-18(41-35(50)58-37(8,9)10)13-17(40-34(49)57-36(5,6)7)24(45)30(28)56-33-27(48)29(21(53-33)14-39-42-38)55-32-16(4)23(44)26(47)20(12-2)52-32/h15-33,43-48H,11-14H2,1-10H3,(H,40,49)(H,41,50)/t15?,16?,17-,18?,19?,20+,21-,22-,23?,24?,25?,26?,27?,28?,29+,30-,31+,32-,33+/m1/s1. The summed E-state index contributed by atoms with van der Waals surface area (Å²) >= 11 is 0. The smallest absolute Gasteiger partial charge is 0.407 e. The van der Waals surface area contributed by atoms with Gasteiger partial charge in [0.05, 0.1) is 49.1 Å². The highest BCUT2D eigenvalue weighted by Gasteiger charge is 2.55. The van der Waals surface area contributed by atoms with E-state index in [9.17, 15) is 40.2 Å². The third kappa shape index (κ3) is 11.8. The third-order valence-electron chi connectivity index (χ3n) is 10.7. The molecule has 0 bridgehead atoms. The molecule has 0 aromatic carbocycles. The summed E-state index contributed by atoms with van der Waals surface area (Å²) in [6.07, 6.45) is -20.7. The summed E-state index contributed by atoms with van der Waals surface area (Å²) in [4.78, 5) is 29.2. The molecule has 4 aliphatic rings. The number of aliphatic hydroxyl groups excluding tert-OH is 6. The summed E-state index contributed by atoms with van der Waals surface area (Å²) in [5, 5.41) is 75.7. The molecule has 0 spiro atoms. The normalized spacial score (nSPS) is 42.2. The van der Waals surface area contributed by atoms with Gasteiger partial charge >= 0.3 is 12.2 Å². The average Bonchev–Trinajstić information content (AvgIpc) is 3.41. The second-order valence-corrected chi connectivity index (χ2v) is 17.6. The Balaban J connectivity index is 1.73. The minimum atomic E-state index is -1.67. The van der Waals surface area contributed by atoms with E-state index < -0.39 is 139 Å². The van der Waals surface area contributed by atoms with E-state index in [1.807, 2.05) is 0 Å². The van der Waals surface area contributed by atoms with Gasteiger partial charge in [0.2, 0.25) is 0 Å². The quantitative estimate of drug-likeness (QED) is 0.0775. The maximum absolute atomic E-state index is 13.3. The summed E-state index contributed by atoms with van der Waals surface area (Å²) in [6, 6.07) is -2.30. The van der Waals surface area contributed by atoms with Crippen LogP contribution in [0.15, 0.2) is 5.11 Å². The molecular formula is C37H65N5O16. The molecule has 334 valence electrons. The average molecular weight is 836 g/mol. The molecule has 4 fully saturated rings. The summed E-state index contributed by atoms with van der Waals surface area (Å²) in [5.74, 6) is -1.62. The van der Waals surface area contributed by atoms with Crippen LogP contribution in [-0.2, 0) is 37.9 Å². The SMILES string of the molecule is CCC1O[C@@H](OC2C(NC(=O)OC(C)(C)C)C[C@@H](NC(=O)OC(C)(C)C)C(O)[C@H]2O[C@@H]2O[C@H](CN=[N+]=[N-])[C@H](O[C@H]3O[C@@H](CC)C(O)C(O)C3C)C2O)C(C)[C@@H](O)C1O. The maximum Gasteiger partial charge on any atom is 0.407 e. The van der Waals surface area contributed by atoms with Crippen LogP contribution in [0, 0.1) is 11.8 Å². The highest BCUT2D eigenvalue weighted by Crippen LogP contribution is 2.38. The molecule has 1 aliphatic carbocycles. The van der Waals surface area contributed by atoms with Crippen LogP contribution in [0.2, 0.25) is 0 Å². The molecule has 4 rings (SSSR count). The second-order valence-electron chi connectivity index (χ2n) is 17.6. The Morgan fingerprint density at radius 1 is 0.638 bits per heavy atom. The van der Waals surface area contributed by atoms with E-state index in [1.54, 1.807) is 69.2 Å². The van der Waals surface area contributed by atoms with Gasteiger partial charge in [-0.25, -0.2) is 9.59 Å². The van der Waals surface area contributed by atoms with Crippen LogP contribution in [0.3, 0.4) is 0 Å². The molecule has 0 aromatic heterocycles. The topological polar surface area (TPSA) is 302 Å². The zero-order chi connectivity index (χ0) is 43.4. The van der Waals surface area contributed by atoms with Gasteiger partial charge in [0.15, 0.2) is 18.9 Å². The number of hydrogen-bond acceptors (Lipinski definition) is 17. The van der Waals surface area contributed by atoms with E-state index in [4.69, 9.17) is 43.4 Å². The number of amides is 2. The number of ether oxygens (including phenoxy) is 8. The fourth-order valence-corrected chi connectivity index (χ4v) is 7.57. The zero-order valence-electron chi connectivity index (χ0n) is 34.9. The number of alkyl carbamates (subject to hydrolysis) is 2. The fraction of sp³-hybridized carbons (Fsp3) is 0.946. The van der Waals surface area contributed by atoms with Crippen molar-refractivity contribution in [1.82, 2.24) is 10.6 Å². The van der Waals surface area contributed by atoms with Crippen molar-refractivity contribution >= 4 is 12.2 Å². The van der Waals surface area contributed by atoms with Crippen molar-refractivity contribution in [3.63, 3.8) is 0 Å². The number of aliphatic hydroxyl groups is 6.